The minimum Gasteiger partial charge on any atom is -0.504 e. The van der Waals surface area contributed by atoms with E-state index in [1.807, 2.05) is 0 Å². The van der Waals surface area contributed by atoms with Crippen molar-refractivity contribution in [1.82, 2.24) is 5.32 Å². The molecule has 1 aliphatic carbocycles. The van der Waals surface area contributed by atoms with Gasteiger partial charge in [-0.1, -0.05) is 0 Å². The van der Waals surface area contributed by atoms with Gasteiger partial charge in [0.25, 0.3) is 5.91 Å². The molecule has 0 unspecified atom stereocenters. The van der Waals surface area contributed by atoms with Crippen LogP contribution in [-0.4, -0.2) is 30.3 Å². The van der Waals surface area contributed by atoms with Gasteiger partial charge in [-0.15, -0.1) is 12.3 Å². The summed E-state index contributed by atoms with van der Waals surface area (Å²) in [6, 6.07) is 3.33. The summed E-state index contributed by atoms with van der Waals surface area (Å²) >= 11 is 0. The van der Waals surface area contributed by atoms with Crippen LogP contribution in [0.3, 0.4) is 0 Å². The number of rotatable bonds is 9. The molecule has 0 bridgehead atoms. The van der Waals surface area contributed by atoms with Gasteiger partial charge >= 0.3 is 0 Å². The fourth-order valence-corrected chi connectivity index (χ4v) is 2.89. The van der Waals surface area contributed by atoms with Crippen LogP contribution in [0, 0.1) is 18.3 Å². The van der Waals surface area contributed by atoms with E-state index in [1.165, 1.54) is 20.0 Å². The summed E-state index contributed by atoms with van der Waals surface area (Å²) in [4.78, 5) is 12.5. The average Bonchev–Trinajstić information content (AvgIpc) is 3.52. The fraction of sp³-hybridized carbons (Fsp3) is 0.526. The third kappa shape index (κ3) is 4.30. The number of methoxy groups -OCH3 is 1. The lowest BCUT2D eigenvalue weighted by Gasteiger charge is -2.13. The molecule has 3 rings (SSSR count). The molecule has 0 spiro atoms. The Kier molecular flexibility index (Phi) is 4.93. The second-order valence-corrected chi connectivity index (χ2v) is 6.73. The zero-order valence-corrected chi connectivity index (χ0v) is 14.4. The molecule has 1 saturated carbocycles. The molecule has 2 N–H and O–H groups in total. The minimum atomic E-state index is -0.399. The Balaban J connectivity index is 1.60. The highest BCUT2D eigenvalue weighted by Crippen LogP contribution is 2.39. The number of aromatic hydroxyl groups is 1. The van der Waals surface area contributed by atoms with Crippen molar-refractivity contribution < 1.29 is 14.6 Å². The van der Waals surface area contributed by atoms with Gasteiger partial charge in [0.15, 0.2) is 17.2 Å². The number of ether oxygens (including phenoxy) is 1. The molecule has 2 aliphatic rings. The van der Waals surface area contributed by atoms with Crippen molar-refractivity contribution in [3.05, 3.63) is 23.3 Å². The van der Waals surface area contributed by atoms with Gasteiger partial charge in [-0.2, -0.15) is 10.2 Å². The van der Waals surface area contributed by atoms with Gasteiger partial charge in [0.05, 0.1) is 7.11 Å². The molecular weight excluding hydrogens is 318 g/mol. The molecule has 1 aromatic carbocycles. The number of carbonyl (C=O) groups excluding carboxylic acids is 1. The van der Waals surface area contributed by atoms with Gasteiger partial charge < -0.3 is 15.2 Å². The van der Waals surface area contributed by atoms with Crippen molar-refractivity contribution in [2.75, 3.05) is 13.7 Å². The predicted octanol–water partition coefficient (Wildman–Crippen LogP) is 3.05. The first-order valence-corrected chi connectivity index (χ1v) is 8.62. The molecule has 1 aliphatic heterocycles. The van der Waals surface area contributed by atoms with Gasteiger partial charge in [0.1, 0.15) is 0 Å². The van der Waals surface area contributed by atoms with Gasteiger partial charge in [-0.25, -0.2) is 0 Å². The smallest absolute Gasteiger partial charge is 0.251 e. The number of hydrogen-bond acceptors (Lipinski definition) is 5. The number of benzene rings is 1. The van der Waals surface area contributed by atoms with E-state index >= 15 is 0 Å². The first-order valence-electron chi connectivity index (χ1n) is 8.62. The summed E-state index contributed by atoms with van der Waals surface area (Å²) in [5.74, 6) is 3.47. The monoisotopic (exact) mass is 341 g/mol. The lowest BCUT2D eigenvalue weighted by atomic mass is 10.0. The summed E-state index contributed by atoms with van der Waals surface area (Å²) in [5.41, 5.74) is 0.862. The van der Waals surface area contributed by atoms with Gasteiger partial charge in [-0.05, 0) is 42.9 Å². The first-order chi connectivity index (χ1) is 12.1. The molecule has 0 aromatic heterocycles. The number of nitrogens with zero attached hydrogens (tertiary/aromatic N) is 2. The summed E-state index contributed by atoms with van der Waals surface area (Å²) in [5, 5.41) is 21.3. The zero-order valence-electron chi connectivity index (χ0n) is 14.4. The third-order valence-electron chi connectivity index (χ3n) is 4.71. The molecule has 1 aromatic rings. The van der Waals surface area contributed by atoms with Crippen molar-refractivity contribution in [2.24, 2.45) is 16.1 Å². The zero-order chi connectivity index (χ0) is 17.9. The Labute approximate surface area is 147 Å². The van der Waals surface area contributed by atoms with Crippen LogP contribution >= 0.6 is 0 Å². The molecule has 1 heterocycles. The van der Waals surface area contributed by atoms with E-state index in [-0.39, 0.29) is 11.7 Å². The maximum absolute atomic E-state index is 12.5. The van der Waals surface area contributed by atoms with Crippen molar-refractivity contribution in [3.8, 4) is 23.8 Å². The molecule has 1 fully saturated rings. The quantitative estimate of drug-likeness (QED) is 0.677. The van der Waals surface area contributed by atoms with Crippen LogP contribution in [0.5, 0.6) is 11.5 Å². The molecule has 25 heavy (non-hydrogen) atoms. The Bertz CT molecular complexity index is 726. The number of hydrogen-bond donors (Lipinski definition) is 2. The lowest BCUT2D eigenvalue weighted by molar-refractivity contribution is 0.0951. The largest absolute Gasteiger partial charge is 0.504 e. The SMILES string of the molecule is C#CCCC1(CCNC(=O)c2cc(CC3CC3)c(O)c(OC)c2)N=N1. The van der Waals surface area contributed by atoms with E-state index < -0.39 is 5.66 Å². The number of carbonyl (C=O) groups is 1. The molecule has 0 atom stereocenters. The highest BCUT2D eigenvalue weighted by Gasteiger charge is 2.38. The standard InChI is InChI=1S/C19H23N3O3/c1-3-4-7-19(21-22-19)8-9-20-18(24)15-11-14(10-13-5-6-13)17(23)16(12-15)25-2/h1,11-13,23H,4-10H2,2H3,(H,20,24). The van der Waals surface area contributed by atoms with Crippen LogP contribution in [0.4, 0.5) is 0 Å². The molecule has 6 nitrogen and oxygen atoms in total. The maximum Gasteiger partial charge on any atom is 0.251 e. The Morgan fingerprint density at radius 1 is 1.44 bits per heavy atom. The van der Waals surface area contributed by atoms with Crippen LogP contribution in [-0.2, 0) is 6.42 Å². The summed E-state index contributed by atoms with van der Waals surface area (Å²) in [7, 11) is 1.49. The maximum atomic E-state index is 12.5. The first kappa shape index (κ1) is 17.3. The van der Waals surface area contributed by atoms with E-state index in [2.05, 4.69) is 21.5 Å². The number of amides is 1. The highest BCUT2D eigenvalue weighted by atomic mass is 16.5. The summed E-state index contributed by atoms with van der Waals surface area (Å²) in [6.45, 7) is 0.470. The lowest BCUT2D eigenvalue weighted by Crippen LogP contribution is -2.28. The third-order valence-corrected chi connectivity index (χ3v) is 4.71. The van der Waals surface area contributed by atoms with Crippen LogP contribution in [0.1, 0.15) is 48.0 Å². The summed E-state index contributed by atoms with van der Waals surface area (Å²) in [6.07, 6.45) is 10.4. The van der Waals surface area contributed by atoms with E-state index in [1.54, 1.807) is 12.1 Å². The van der Waals surface area contributed by atoms with E-state index in [4.69, 9.17) is 11.2 Å². The minimum absolute atomic E-state index is 0.134. The van der Waals surface area contributed by atoms with E-state index in [0.29, 0.717) is 36.6 Å². The van der Waals surface area contributed by atoms with Gasteiger partial charge in [-0.3, -0.25) is 4.79 Å². The topological polar surface area (TPSA) is 83.3 Å². The fourth-order valence-electron chi connectivity index (χ4n) is 2.89. The Hall–Kier alpha value is -2.55. The molecule has 0 saturated heterocycles. The van der Waals surface area contributed by atoms with E-state index in [0.717, 1.165) is 18.4 Å². The molecule has 132 valence electrons. The van der Waals surface area contributed by atoms with Crippen molar-refractivity contribution in [1.29, 1.82) is 0 Å². The average molecular weight is 341 g/mol. The van der Waals surface area contributed by atoms with Crippen molar-refractivity contribution >= 4 is 5.91 Å². The number of phenolic OH excluding ortho intramolecular Hbond substituents is 1. The second-order valence-electron chi connectivity index (χ2n) is 6.73. The van der Waals surface area contributed by atoms with Crippen molar-refractivity contribution in [2.45, 2.75) is 44.2 Å². The molecular formula is C19H23N3O3. The van der Waals surface area contributed by atoms with E-state index in [9.17, 15) is 9.90 Å². The normalized spacial score (nSPS) is 17.0. The van der Waals surface area contributed by atoms with Crippen LogP contribution in [0.2, 0.25) is 0 Å². The van der Waals surface area contributed by atoms with Crippen LogP contribution < -0.4 is 10.1 Å². The molecule has 0 radical (unpaired) electrons. The second kappa shape index (κ2) is 7.14. The molecule has 6 heteroatoms. The molecule has 1 amide bonds. The number of terminal acetylenes is 1. The van der Waals surface area contributed by atoms with Gasteiger partial charge in [0, 0.05) is 31.4 Å². The van der Waals surface area contributed by atoms with Gasteiger partial charge in [0.2, 0.25) is 0 Å². The highest BCUT2D eigenvalue weighted by molar-refractivity contribution is 5.95. The van der Waals surface area contributed by atoms with Crippen LogP contribution in [0.25, 0.3) is 0 Å². The predicted molar refractivity (Wildman–Crippen MR) is 93.7 cm³/mol. The van der Waals surface area contributed by atoms with Crippen LogP contribution in [0.15, 0.2) is 22.4 Å². The van der Waals surface area contributed by atoms with Crippen molar-refractivity contribution in [3.63, 3.8) is 0 Å². The number of phenols is 1. The Morgan fingerprint density at radius 3 is 2.80 bits per heavy atom. The number of nitrogens with one attached hydrogen (secondary N) is 1. The summed E-state index contributed by atoms with van der Waals surface area (Å²) < 4.78 is 5.21. The Morgan fingerprint density at radius 2 is 2.20 bits per heavy atom.